The second-order valence-electron chi connectivity index (χ2n) is 5.16. The third-order valence-electron chi connectivity index (χ3n) is 3.70. The number of carboxylic acids is 1. The molecule has 0 spiro atoms. The Bertz CT molecular complexity index is 587. The van der Waals surface area contributed by atoms with Gasteiger partial charge >= 0.3 is 5.97 Å². The molecule has 1 N–H and O–H groups in total. The number of aromatic carboxylic acids is 1. The molecule has 0 saturated carbocycles. The van der Waals surface area contributed by atoms with Crippen LogP contribution in [0.25, 0.3) is 0 Å². The van der Waals surface area contributed by atoms with Crippen molar-refractivity contribution in [2.24, 2.45) is 0 Å². The summed E-state index contributed by atoms with van der Waals surface area (Å²) in [5, 5.41) is 9.17. The zero-order valence-electron chi connectivity index (χ0n) is 10.7. The Morgan fingerprint density at radius 1 is 0.789 bits per heavy atom. The van der Waals surface area contributed by atoms with Crippen LogP contribution < -0.4 is 0 Å². The fraction of sp³-hybridized carbons (Fsp3) is 0.235. The largest absolute Gasteiger partial charge is 0.478 e. The van der Waals surface area contributed by atoms with Gasteiger partial charge in [0.25, 0.3) is 0 Å². The van der Waals surface area contributed by atoms with Crippen molar-refractivity contribution in [3.05, 3.63) is 70.3 Å². The molecular weight excluding hydrogens is 236 g/mol. The quantitative estimate of drug-likeness (QED) is 0.845. The first-order valence-electron chi connectivity index (χ1n) is 6.65. The summed E-state index contributed by atoms with van der Waals surface area (Å²) >= 11 is 0. The van der Waals surface area contributed by atoms with Gasteiger partial charge in [0.1, 0.15) is 0 Å². The Balaban J connectivity index is 2.00. The fourth-order valence-corrected chi connectivity index (χ4v) is 2.69. The van der Waals surface area contributed by atoms with Crippen molar-refractivity contribution in [3.8, 4) is 0 Å². The van der Waals surface area contributed by atoms with Crippen molar-refractivity contribution in [3.63, 3.8) is 0 Å². The summed E-state index contributed by atoms with van der Waals surface area (Å²) < 4.78 is 0. The maximum Gasteiger partial charge on any atom is 0.335 e. The van der Waals surface area contributed by atoms with Gasteiger partial charge in [0.15, 0.2) is 0 Å². The lowest BCUT2D eigenvalue weighted by Gasteiger charge is -2.12. The Morgan fingerprint density at radius 2 is 1.26 bits per heavy atom. The molecule has 0 fully saturated rings. The number of rotatable bonds is 1. The average Bonchev–Trinajstić information content (AvgIpc) is 2.42. The van der Waals surface area contributed by atoms with E-state index in [-0.39, 0.29) is 0 Å². The third-order valence-corrected chi connectivity index (χ3v) is 3.70. The number of benzene rings is 2. The van der Waals surface area contributed by atoms with Crippen LogP contribution in [-0.4, -0.2) is 11.1 Å². The molecule has 19 heavy (non-hydrogen) atoms. The summed E-state index contributed by atoms with van der Waals surface area (Å²) in [5.41, 5.74) is 5.34. The smallest absolute Gasteiger partial charge is 0.335 e. The lowest BCUT2D eigenvalue weighted by atomic mass is 9.93. The normalized spacial score (nSPS) is 13.9. The van der Waals surface area contributed by atoms with Crippen LogP contribution in [0.2, 0.25) is 0 Å². The third kappa shape index (κ3) is 2.68. The first-order valence-corrected chi connectivity index (χ1v) is 6.65. The highest BCUT2D eigenvalue weighted by Crippen LogP contribution is 2.18. The molecule has 0 atom stereocenters. The Hall–Kier alpha value is -2.09. The summed E-state index contributed by atoms with van der Waals surface area (Å²) in [5.74, 6) is -0.835. The van der Waals surface area contributed by atoms with E-state index in [4.69, 9.17) is 5.11 Å². The SMILES string of the molecule is O=C(O)c1cc2cc(c1)CCc1cccc(c1)CC2. The molecule has 2 aromatic rings. The lowest BCUT2D eigenvalue weighted by molar-refractivity contribution is 0.0696. The van der Waals surface area contributed by atoms with Gasteiger partial charge in [-0.3, -0.25) is 0 Å². The Morgan fingerprint density at radius 3 is 1.79 bits per heavy atom. The van der Waals surface area contributed by atoms with Crippen molar-refractivity contribution in [2.75, 3.05) is 0 Å². The predicted molar refractivity (Wildman–Crippen MR) is 74.7 cm³/mol. The van der Waals surface area contributed by atoms with Gasteiger partial charge in [0.2, 0.25) is 0 Å². The molecule has 2 heteroatoms. The van der Waals surface area contributed by atoms with Crippen LogP contribution in [0, 0.1) is 0 Å². The molecule has 4 bridgehead atoms. The predicted octanol–water partition coefficient (Wildman–Crippen LogP) is 3.27. The standard InChI is InChI=1S/C17H16O2/c18-17(19)16-10-14-6-4-12-2-1-3-13(8-12)5-7-15(9-14)11-16/h1-3,8-11H,4-7H2,(H,18,19). The van der Waals surface area contributed by atoms with Gasteiger partial charge in [-0.15, -0.1) is 0 Å². The van der Waals surface area contributed by atoms with E-state index in [1.54, 1.807) is 12.1 Å². The van der Waals surface area contributed by atoms with Gasteiger partial charge in [-0.1, -0.05) is 30.3 Å². The number of aryl methyl sites for hydroxylation is 4. The molecule has 3 rings (SSSR count). The summed E-state index contributed by atoms with van der Waals surface area (Å²) in [6.45, 7) is 0. The van der Waals surface area contributed by atoms with Gasteiger partial charge in [-0.2, -0.15) is 0 Å². The number of hydrogen-bond donors (Lipinski definition) is 1. The number of hydrogen-bond acceptors (Lipinski definition) is 1. The van der Waals surface area contributed by atoms with Crippen molar-refractivity contribution in [1.82, 2.24) is 0 Å². The minimum Gasteiger partial charge on any atom is -0.478 e. The first-order chi connectivity index (χ1) is 9.20. The minimum atomic E-state index is -0.835. The molecule has 0 aliphatic heterocycles. The van der Waals surface area contributed by atoms with Gasteiger partial charge in [-0.05, 0) is 60.1 Å². The second-order valence-corrected chi connectivity index (χ2v) is 5.16. The molecule has 0 amide bonds. The molecule has 1 aliphatic rings. The van der Waals surface area contributed by atoms with E-state index in [0.29, 0.717) is 5.56 Å². The van der Waals surface area contributed by atoms with E-state index >= 15 is 0 Å². The molecule has 0 aromatic heterocycles. The number of carbonyl (C=O) groups is 1. The van der Waals surface area contributed by atoms with Gasteiger partial charge in [0, 0.05) is 0 Å². The molecule has 1 aliphatic carbocycles. The van der Waals surface area contributed by atoms with Crippen LogP contribution in [0.1, 0.15) is 32.6 Å². The van der Waals surface area contributed by atoms with E-state index in [2.05, 4.69) is 30.3 Å². The van der Waals surface area contributed by atoms with E-state index < -0.39 is 5.97 Å². The monoisotopic (exact) mass is 252 g/mol. The lowest BCUT2D eigenvalue weighted by Crippen LogP contribution is -2.04. The van der Waals surface area contributed by atoms with Crippen molar-refractivity contribution in [1.29, 1.82) is 0 Å². The van der Waals surface area contributed by atoms with Crippen molar-refractivity contribution >= 4 is 5.97 Å². The first kappa shape index (κ1) is 12.0. The van der Waals surface area contributed by atoms with Crippen LogP contribution in [-0.2, 0) is 25.7 Å². The van der Waals surface area contributed by atoms with E-state index in [9.17, 15) is 4.79 Å². The van der Waals surface area contributed by atoms with Crippen LogP contribution in [0.4, 0.5) is 0 Å². The zero-order chi connectivity index (χ0) is 13.2. The fourth-order valence-electron chi connectivity index (χ4n) is 2.69. The maximum absolute atomic E-state index is 11.2. The summed E-state index contributed by atoms with van der Waals surface area (Å²) in [6.07, 6.45) is 3.74. The highest BCUT2D eigenvalue weighted by atomic mass is 16.4. The van der Waals surface area contributed by atoms with Crippen LogP contribution >= 0.6 is 0 Å². The van der Waals surface area contributed by atoms with Gasteiger partial charge in [-0.25, -0.2) is 4.79 Å². The summed E-state index contributed by atoms with van der Waals surface area (Å²) in [6, 6.07) is 14.4. The molecule has 0 radical (unpaired) electrons. The number of carboxylic acid groups (broad SMARTS) is 1. The summed E-state index contributed by atoms with van der Waals surface area (Å²) in [4.78, 5) is 11.2. The van der Waals surface area contributed by atoms with Gasteiger partial charge in [0.05, 0.1) is 5.56 Å². The number of fused-ring (bicyclic) bond motifs is 4. The summed E-state index contributed by atoms with van der Waals surface area (Å²) in [7, 11) is 0. The van der Waals surface area contributed by atoms with Crippen LogP contribution in [0.5, 0.6) is 0 Å². The van der Waals surface area contributed by atoms with Crippen molar-refractivity contribution in [2.45, 2.75) is 25.7 Å². The Kier molecular flexibility index (Phi) is 3.08. The van der Waals surface area contributed by atoms with E-state index in [1.807, 2.05) is 0 Å². The zero-order valence-corrected chi connectivity index (χ0v) is 10.7. The maximum atomic E-state index is 11.2. The second kappa shape index (κ2) is 4.88. The van der Waals surface area contributed by atoms with Gasteiger partial charge < -0.3 is 5.11 Å². The van der Waals surface area contributed by atoms with Crippen LogP contribution in [0.3, 0.4) is 0 Å². The molecule has 2 nitrogen and oxygen atoms in total. The molecule has 0 saturated heterocycles. The molecule has 0 unspecified atom stereocenters. The van der Waals surface area contributed by atoms with E-state index in [0.717, 1.165) is 36.8 Å². The molecule has 2 aromatic carbocycles. The van der Waals surface area contributed by atoms with Crippen molar-refractivity contribution < 1.29 is 9.90 Å². The topological polar surface area (TPSA) is 37.3 Å². The molecular formula is C17H16O2. The van der Waals surface area contributed by atoms with E-state index in [1.165, 1.54) is 11.1 Å². The van der Waals surface area contributed by atoms with Crippen LogP contribution in [0.15, 0.2) is 42.5 Å². The highest BCUT2D eigenvalue weighted by molar-refractivity contribution is 5.88. The minimum absolute atomic E-state index is 0.414. The highest BCUT2D eigenvalue weighted by Gasteiger charge is 2.09. The molecule has 96 valence electrons. The molecule has 0 heterocycles. The Labute approximate surface area is 112 Å². The average molecular weight is 252 g/mol.